The minimum atomic E-state index is -3.58. The average Bonchev–Trinajstić information content (AvgIpc) is 2.58. The zero-order valence-corrected chi connectivity index (χ0v) is 15.9. The smallest absolute Gasteiger partial charge is 0.221 e. The van der Waals surface area contributed by atoms with Crippen LogP contribution < -0.4 is 5.32 Å². The number of carbonyl (C=O) groups excluding carboxylic acids is 1. The second kappa shape index (κ2) is 9.12. The van der Waals surface area contributed by atoms with Gasteiger partial charge in [0.15, 0.2) is 0 Å². The molecule has 0 aliphatic heterocycles. The van der Waals surface area contributed by atoms with E-state index in [0.717, 1.165) is 16.1 Å². The number of sulfonamides is 1. The van der Waals surface area contributed by atoms with E-state index in [9.17, 15) is 17.6 Å². The largest absolute Gasteiger partial charge is 0.352 e. The summed E-state index contributed by atoms with van der Waals surface area (Å²) in [7, 11) is -3.58. The molecule has 1 amide bonds. The quantitative estimate of drug-likeness (QED) is 0.743. The Morgan fingerprint density at radius 1 is 1.12 bits per heavy atom. The van der Waals surface area contributed by atoms with Crippen LogP contribution in [0.1, 0.15) is 17.5 Å². The SMILES string of the molecule is CS(=O)(=O)N(CCC(=O)NCc1ccccc1Cl)Cc1ccccc1F. The van der Waals surface area contributed by atoms with Gasteiger partial charge in [-0.05, 0) is 17.7 Å². The third-order valence-electron chi connectivity index (χ3n) is 3.80. The van der Waals surface area contributed by atoms with Crippen LogP contribution in [0.4, 0.5) is 4.39 Å². The fourth-order valence-electron chi connectivity index (χ4n) is 2.33. The van der Waals surface area contributed by atoms with Gasteiger partial charge in [-0.25, -0.2) is 12.8 Å². The summed E-state index contributed by atoms with van der Waals surface area (Å²) >= 11 is 6.03. The molecule has 2 aromatic rings. The second-order valence-corrected chi connectivity index (χ2v) is 8.20. The molecule has 0 aliphatic rings. The van der Waals surface area contributed by atoms with Gasteiger partial charge in [-0.1, -0.05) is 48.0 Å². The maximum atomic E-state index is 13.8. The molecule has 0 heterocycles. The van der Waals surface area contributed by atoms with Crippen LogP contribution in [0.2, 0.25) is 5.02 Å². The summed E-state index contributed by atoms with van der Waals surface area (Å²) in [6.07, 6.45) is 1.00. The molecule has 0 unspecified atom stereocenters. The number of nitrogens with one attached hydrogen (secondary N) is 1. The molecule has 0 saturated carbocycles. The lowest BCUT2D eigenvalue weighted by atomic mass is 10.2. The van der Waals surface area contributed by atoms with Crippen LogP contribution in [0.15, 0.2) is 48.5 Å². The van der Waals surface area contributed by atoms with Gasteiger partial charge in [-0.15, -0.1) is 0 Å². The maximum Gasteiger partial charge on any atom is 0.221 e. The highest BCUT2D eigenvalue weighted by atomic mass is 35.5. The van der Waals surface area contributed by atoms with Gasteiger partial charge in [0, 0.05) is 36.6 Å². The van der Waals surface area contributed by atoms with Gasteiger partial charge in [0.25, 0.3) is 0 Å². The Kier molecular flexibility index (Phi) is 7.14. The maximum absolute atomic E-state index is 13.8. The summed E-state index contributed by atoms with van der Waals surface area (Å²) < 4.78 is 38.7. The van der Waals surface area contributed by atoms with Crippen molar-refractivity contribution in [2.45, 2.75) is 19.5 Å². The predicted octanol–water partition coefficient (Wildman–Crippen LogP) is 2.95. The van der Waals surface area contributed by atoms with Gasteiger partial charge < -0.3 is 5.32 Å². The molecule has 140 valence electrons. The molecule has 0 atom stereocenters. The second-order valence-electron chi connectivity index (χ2n) is 5.81. The van der Waals surface area contributed by atoms with Crippen LogP contribution in [-0.2, 0) is 27.9 Å². The summed E-state index contributed by atoms with van der Waals surface area (Å²) in [5.41, 5.74) is 1.03. The Bertz CT molecular complexity index is 874. The van der Waals surface area contributed by atoms with Crippen molar-refractivity contribution in [3.8, 4) is 0 Å². The van der Waals surface area contributed by atoms with Gasteiger partial charge >= 0.3 is 0 Å². The van der Waals surface area contributed by atoms with Crippen LogP contribution in [0.3, 0.4) is 0 Å². The molecule has 0 fully saturated rings. The number of hydrogen-bond acceptors (Lipinski definition) is 3. The molecule has 8 heteroatoms. The van der Waals surface area contributed by atoms with Crippen LogP contribution in [0, 0.1) is 5.82 Å². The fraction of sp³-hybridized carbons (Fsp3) is 0.278. The van der Waals surface area contributed by atoms with E-state index in [2.05, 4.69) is 5.32 Å². The molecule has 5 nitrogen and oxygen atoms in total. The Morgan fingerprint density at radius 3 is 2.35 bits per heavy atom. The number of amides is 1. The minimum Gasteiger partial charge on any atom is -0.352 e. The lowest BCUT2D eigenvalue weighted by Crippen LogP contribution is -2.34. The third kappa shape index (κ3) is 6.09. The first kappa shape index (κ1) is 20.4. The number of hydrogen-bond donors (Lipinski definition) is 1. The van der Waals surface area contributed by atoms with Gasteiger partial charge in [0.05, 0.1) is 6.26 Å². The number of halogens is 2. The first-order valence-electron chi connectivity index (χ1n) is 7.96. The Labute approximate surface area is 157 Å². The zero-order chi connectivity index (χ0) is 19.2. The molecular weight excluding hydrogens is 379 g/mol. The Hall–Kier alpha value is -1.96. The van der Waals surface area contributed by atoms with Crippen molar-refractivity contribution in [1.82, 2.24) is 9.62 Å². The molecular formula is C18H20ClFN2O3S. The number of rotatable bonds is 8. The summed E-state index contributed by atoms with van der Waals surface area (Å²) in [5, 5.41) is 3.25. The first-order valence-corrected chi connectivity index (χ1v) is 10.2. The average molecular weight is 399 g/mol. The highest BCUT2D eigenvalue weighted by Crippen LogP contribution is 2.15. The standard InChI is InChI=1S/C18H20ClFN2O3S/c1-26(24,25)22(13-15-7-3-5-9-17(15)20)11-10-18(23)21-12-14-6-2-4-8-16(14)19/h2-9H,10-13H2,1H3,(H,21,23). The van der Waals surface area contributed by atoms with Crippen molar-refractivity contribution in [2.75, 3.05) is 12.8 Å². The molecule has 0 aromatic heterocycles. The Balaban J connectivity index is 1.94. The van der Waals surface area contributed by atoms with Gasteiger partial charge in [-0.2, -0.15) is 4.31 Å². The summed E-state index contributed by atoms with van der Waals surface area (Å²) in [5.74, 6) is -0.795. The van der Waals surface area contributed by atoms with Crippen LogP contribution in [0.25, 0.3) is 0 Å². The highest BCUT2D eigenvalue weighted by Gasteiger charge is 2.19. The molecule has 0 saturated heterocycles. The first-order chi connectivity index (χ1) is 12.3. The van der Waals surface area contributed by atoms with Gasteiger partial charge in [0.2, 0.25) is 15.9 Å². The van der Waals surface area contributed by atoms with Crippen molar-refractivity contribution in [3.63, 3.8) is 0 Å². The third-order valence-corrected chi connectivity index (χ3v) is 5.41. The van der Waals surface area contributed by atoms with E-state index in [4.69, 9.17) is 11.6 Å². The van der Waals surface area contributed by atoms with Gasteiger partial charge in [0.1, 0.15) is 5.82 Å². The van der Waals surface area contributed by atoms with E-state index in [1.807, 2.05) is 6.07 Å². The van der Waals surface area contributed by atoms with E-state index in [-0.39, 0.29) is 37.5 Å². The molecule has 26 heavy (non-hydrogen) atoms. The molecule has 0 bridgehead atoms. The van der Waals surface area contributed by atoms with E-state index in [1.165, 1.54) is 18.2 Å². The van der Waals surface area contributed by atoms with Crippen molar-refractivity contribution < 1.29 is 17.6 Å². The van der Waals surface area contributed by atoms with E-state index in [1.54, 1.807) is 24.3 Å². The number of nitrogens with zero attached hydrogens (tertiary/aromatic N) is 1. The van der Waals surface area contributed by atoms with Crippen molar-refractivity contribution >= 4 is 27.5 Å². The van der Waals surface area contributed by atoms with E-state index in [0.29, 0.717) is 5.02 Å². The summed E-state index contributed by atoms with van der Waals surface area (Å²) in [6.45, 7) is 0.0928. The molecule has 1 N–H and O–H groups in total. The lowest BCUT2D eigenvalue weighted by molar-refractivity contribution is -0.121. The molecule has 2 rings (SSSR count). The topological polar surface area (TPSA) is 66.5 Å². The molecule has 0 spiro atoms. The van der Waals surface area contributed by atoms with Crippen LogP contribution >= 0.6 is 11.6 Å². The summed E-state index contributed by atoms with van der Waals surface area (Å²) in [4.78, 5) is 12.0. The normalized spacial score (nSPS) is 11.5. The zero-order valence-electron chi connectivity index (χ0n) is 14.3. The minimum absolute atomic E-state index is 0.0357. The van der Waals surface area contributed by atoms with Crippen LogP contribution in [0.5, 0.6) is 0 Å². The monoisotopic (exact) mass is 398 g/mol. The number of carbonyl (C=O) groups is 1. The van der Waals surface area contributed by atoms with Crippen molar-refractivity contribution in [3.05, 3.63) is 70.5 Å². The predicted molar refractivity (Wildman–Crippen MR) is 99.6 cm³/mol. The van der Waals surface area contributed by atoms with E-state index < -0.39 is 15.8 Å². The molecule has 2 aromatic carbocycles. The number of benzene rings is 2. The molecule has 0 radical (unpaired) electrons. The van der Waals surface area contributed by atoms with Crippen molar-refractivity contribution in [2.24, 2.45) is 0 Å². The lowest BCUT2D eigenvalue weighted by Gasteiger charge is -2.20. The van der Waals surface area contributed by atoms with E-state index >= 15 is 0 Å². The highest BCUT2D eigenvalue weighted by molar-refractivity contribution is 7.88. The van der Waals surface area contributed by atoms with Gasteiger partial charge in [-0.3, -0.25) is 4.79 Å². The van der Waals surface area contributed by atoms with Crippen molar-refractivity contribution in [1.29, 1.82) is 0 Å². The molecule has 0 aliphatic carbocycles. The van der Waals surface area contributed by atoms with Crippen LogP contribution in [-0.4, -0.2) is 31.4 Å². The fourth-order valence-corrected chi connectivity index (χ4v) is 3.33. The summed E-state index contributed by atoms with van der Waals surface area (Å²) in [6, 6.07) is 13.1. The Morgan fingerprint density at radius 2 is 1.73 bits per heavy atom.